The summed E-state index contributed by atoms with van der Waals surface area (Å²) in [6.07, 6.45) is 1.89. The highest BCUT2D eigenvalue weighted by atomic mass is 19.1. The standard InChI is InChI=1S/C16H12FN3/c17-14-7-11(9-18)2-4-15(14)20-10-12-1-3-13-5-6-19-16(13)8-12/h1-8,19-20H,10H2. The number of hydrogen-bond donors (Lipinski definition) is 2. The third kappa shape index (κ3) is 2.34. The van der Waals surface area contributed by atoms with Crippen molar-refractivity contribution in [2.24, 2.45) is 0 Å². The van der Waals surface area contributed by atoms with E-state index in [1.54, 1.807) is 12.1 Å². The quantitative estimate of drug-likeness (QED) is 0.757. The largest absolute Gasteiger partial charge is 0.379 e. The second-order valence-corrected chi connectivity index (χ2v) is 4.56. The fourth-order valence-corrected chi connectivity index (χ4v) is 2.13. The molecule has 2 aromatic carbocycles. The second kappa shape index (κ2) is 5.06. The minimum atomic E-state index is -0.412. The highest BCUT2D eigenvalue weighted by Gasteiger charge is 2.04. The maximum absolute atomic E-state index is 13.7. The van der Waals surface area contributed by atoms with Crippen molar-refractivity contribution < 1.29 is 4.39 Å². The first-order valence-corrected chi connectivity index (χ1v) is 6.26. The van der Waals surface area contributed by atoms with Crippen LogP contribution in [-0.4, -0.2) is 4.98 Å². The maximum atomic E-state index is 13.7. The van der Waals surface area contributed by atoms with Crippen molar-refractivity contribution in [3.05, 3.63) is 65.6 Å². The number of halogens is 1. The molecule has 0 atom stereocenters. The smallest absolute Gasteiger partial charge is 0.147 e. The summed E-state index contributed by atoms with van der Waals surface area (Å²) in [6.45, 7) is 0.526. The van der Waals surface area contributed by atoms with Crippen LogP contribution < -0.4 is 5.32 Å². The van der Waals surface area contributed by atoms with Crippen molar-refractivity contribution in [3.8, 4) is 6.07 Å². The number of rotatable bonds is 3. The summed E-state index contributed by atoms with van der Waals surface area (Å²) in [6, 6.07) is 14.4. The van der Waals surface area contributed by atoms with Crippen LogP contribution in [0.3, 0.4) is 0 Å². The van der Waals surface area contributed by atoms with E-state index in [9.17, 15) is 4.39 Å². The number of nitriles is 1. The van der Waals surface area contributed by atoms with Crippen LogP contribution in [0.2, 0.25) is 0 Å². The number of H-pyrrole nitrogens is 1. The van der Waals surface area contributed by atoms with Gasteiger partial charge in [0.25, 0.3) is 0 Å². The lowest BCUT2D eigenvalue weighted by atomic mass is 10.1. The van der Waals surface area contributed by atoms with Gasteiger partial charge in [-0.05, 0) is 41.3 Å². The molecule has 0 aliphatic carbocycles. The van der Waals surface area contributed by atoms with Gasteiger partial charge in [-0.15, -0.1) is 0 Å². The molecule has 0 aliphatic rings. The lowest BCUT2D eigenvalue weighted by molar-refractivity contribution is 0.629. The first kappa shape index (κ1) is 12.2. The topological polar surface area (TPSA) is 51.6 Å². The van der Waals surface area contributed by atoms with E-state index >= 15 is 0 Å². The number of nitrogens with zero attached hydrogens (tertiary/aromatic N) is 1. The van der Waals surface area contributed by atoms with E-state index in [1.807, 2.05) is 36.5 Å². The fraction of sp³-hybridized carbons (Fsp3) is 0.0625. The molecule has 0 bridgehead atoms. The van der Waals surface area contributed by atoms with Crippen molar-refractivity contribution in [2.75, 3.05) is 5.32 Å². The van der Waals surface area contributed by atoms with Crippen LogP contribution in [0.5, 0.6) is 0 Å². The zero-order valence-electron chi connectivity index (χ0n) is 10.7. The van der Waals surface area contributed by atoms with Gasteiger partial charge >= 0.3 is 0 Å². The summed E-state index contributed by atoms with van der Waals surface area (Å²) in [5, 5.41) is 12.9. The molecule has 0 saturated carbocycles. The molecule has 0 radical (unpaired) electrons. The number of fused-ring (bicyclic) bond motifs is 1. The van der Waals surface area contributed by atoms with Crippen LogP contribution in [0.4, 0.5) is 10.1 Å². The molecule has 3 aromatic rings. The lowest BCUT2D eigenvalue weighted by Gasteiger charge is -2.08. The van der Waals surface area contributed by atoms with Crippen LogP contribution in [0.1, 0.15) is 11.1 Å². The molecule has 0 fully saturated rings. The predicted octanol–water partition coefficient (Wildman–Crippen LogP) is 3.79. The van der Waals surface area contributed by atoms with Crippen molar-refractivity contribution in [1.29, 1.82) is 5.26 Å². The average Bonchev–Trinajstić information content (AvgIpc) is 2.93. The van der Waals surface area contributed by atoms with Gasteiger partial charge in [-0.25, -0.2) is 4.39 Å². The monoisotopic (exact) mass is 265 g/mol. The molecule has 4 heteroatoms. The Bertz CT molecular complexity index is 799. The Morgan fingerprint density at radius 3 is 2.85 bits per heavy atom. The summed E-state index contributed by atoms with van der Waals surface area (Å²) in [5.41, 5.74) is 2.84. The van der Waals surface area contributed by atoms with Gasteiger partial charge in [0.2, 0.25) is 0 Å². The van der Waals surface area contributed by atoms with E-state index in [-0.39, 0.29) is 0 Å². The lowest BCUT2D eigenvalue weighted by Crippen LogP contribution is -2.01. The summed E-state index contributed by atoms with van der Waals surface area (Å²) in [7, 11) is 0. The molecule has 0 amide bonds. The van der Waals surface area contributed by atoms with E-state index in [2.05, 4.69) is 10.3 Å². The summed E-state index contributed by atoms with van der Waals surface area (Å²) >= 11 is 0. The van der Waals surface area contributed by atoms with Gasteiger partial charge in [-0.1, -0.05) is 12.1 Å². The average molecular weight is 265 g/mol. The van der Waals surface area contributed by atoms with Crippen LogP contribution in [0.15, 0.2) is 48.7 Å². The number of nitrogens with one attached hydrogen (secondary N) is 2. The molecule has 20 heavy (non-hydrogen) atoms. The Hall–Kier alpha value is -2.80. The molecule has 3 rings (SSSR count). The zero-order chi connectivity index (χ0) is 13.9. The summed E-state index contributed by atoms with van der Waals surface area (Å²) in [5.74, 6) is -0.412. The molecule has 0 saturated heterocycles. The van der Waals surface area contributed by atoms with Crippen molar-refractivity contribution in [1.82, 2.24) is 4.98 Å². The number of anilines is 1. The van der Waals surface area contributed by atoms with E-state index in [0.717, 1.165) is 16.5 Å². The van der Waals surface area contributed by atoms with Crippen molar-refractivity contribution >= 4 is 16.6 Å². The van der Waals surface area contributed by atoms with Crippen LogP contribution in [-0.2, 0) is 6.54 Å². The zero-order valence-corrected chi connectivity index (χ0v) is 10.7. The number of benzene rings is 2. The Morgan fingerprint density at radius 1 is 1.15 bits per heavy atom. The Kier molecular flexibility index (Phi) is 3.10. The third-order valence-corrected chi connectivity index (χ3v) is 3.20. The van der Waals surface area contributed by atoms with Gasteiger partial charge in [0.05, 0.1) is 17.3 Å². The molecule has 1 aromatic heterocycles. The number of aromatic nitrogens is 1. The van der Waals surface area contributed by atoms with Gasteiger partial charge < -0.3 is 10.3 Å². The summed E-state index contributed by atoms with van der Waals surface area (Å²) < 4.78 is 13.7. The minimum absolute atomic E-state index is 0.320. The van der Waals surface area contributed by atoms with Gasteiger partial charge in [-0.2, -0.15) is 5.26 Å². The highest BCUT2D eigenvalue weighted by molar-refractivity contribution is 5.79. The molecule has 0 unspecified atom stereocenters. The Labute approximate surface area is 115 Å². The number of aromatic amines is 1. The first-order chi connectivity index (χ1) is 9.76. The molecule has 98 valence electrons. The normalized spacial score (nSPS) is 10.4. The fourth-order valence-electron chi connectivity index (χ4n) is 2.13. The molecule has 2 N–H and O–H groups in total. The molecular weight excluding hydrogens is 253 g/mol. The van der Waals surface area contributed by atoms with E-state index in [4.69, 9.17) is 5.26 Å². The van der Waals surface area contributed by atoms with E-state index in [0.29, 0.717) is 17.8 Å². The highest BCUT2D eigenvalue weighted by Crippen LogP contribution is 2.18. The van der Waals surface area contributed by atoms with Crippen molar-refractivity contribution in [3.63, 3.8) is 0 Å². The molecular formula is C16H12FN3. The van der Waals surface area contributed by atoms with Crippen LogP contribution in [0.25, 0.3) is 10.9 Å². The van der Waals surface area contributed by atoms with Crippen LogP contribution >= 0.6 is 0 Å². The van der Waals surface area contributed by atoms with Crippen molar-refractivity contribution in [2.45, 2.75) is 6.54 Å². The maximum Gasteiger partial charge on any atom is 0.147 e. The molecule has 1 heterocycles. The SMILES string of the molecule is N#Cc1ccc(NCc2ccc3cc[nH]c3c2)c(F)c1. The summed E-state index contributed by atoms with van der Waals surface area (Å²) in [4.78, 5) is 3.15. The minimum Gasteiger partial charge on any atom is -0.379 e. The molecule has 3 nitrogen and oxygen atoms in total. The van der Waals surface area contributed by atoms with Crippen LogP contribution in [0, 0.1) is 17.1 Å². The van der Waals surface area contributed by atoms with Gasteiger partial charge in [0, 0.05) is 18.3 Å². The predicted molar refractivity (Wildman–Crippen MR) is 76.7 cm³/mol. The van der Waals surface area contributed by atoms with Gasteiger partial charge in [-0.3, -0.25) is 0 Å². The Morgan fingerprint density at radius 2 is 2.05 bits per heavy atom. The molecule has 0 spiro atoms. The Balaban J connectivity index is 1.77. The first-order valence-electron chi connectivity index (χ1n) is 6.26. The van der Waals surface area contributed by atoms with E-state index < -0.39 is 5.82 Å². The third-order valence-electron chi connectivity index (χ3n) is 3.20. The van der Waals surface area contributed by atoms with E-state index in [1.165, 1.54) is 6.07 Å². The van der Waals surface area contributed by atoms with Gasteiger partial charge in [0.15, 0.2) is 0 Å². The van der Waals surface area contributed by atoms with Gasteiger partial charge in [0.1, 0.15) is 5.82 Å². The second-order valence-electron chi connectivity index (χ2n) is 4.56. The number of hydrogen-bond acceptors (Lipinski definition) is 2. The molecule has 0 aliphatic heterocycles.